The summed E-state index contributed by atoms with van der Waals surface area (Å²) in [6, 6.07) is 9.70. The molecule has 1 aromatic heterocycles. The van der Waals surface area contributed by atoms with E-state index in [4.69, 9.17) is 16.0 Å². The van der Waals surface area contributed by atoms with E-state index in [1.807, 2.05) is 12.1 Å². The molecule has 6 heteroatoms. The smallest absolute Gasteiger partial charge is 0.226 e. The van der Waals surface area contributed by atoms with Crippen molar-refractivity contribution in [3.63, 3.8) is 0 Å². The van der Waals surface area contributed by atoms with Crippen LogP contribution in [0.2, 0.25) is 5.02 Å². The Bertz CT molecular complexity index is 737. The summed E-state index contributed by atoms with van der Waals surface area (Å²) in [5.74, 6) is 0.234. The van der Waals surface area contributed by atoms with E-state index in [9.17, 15) is 9.90 Å². The Kier molecular flexibility index (Phi) is 5.23. The van der Waals surface area contributed by atoms with Crippen molar-refractivity contribution in [1.29, 1.82) is 0 Å². The Morgan fingerprint density at radius 3 is 2.50 bits per heavy atom. The number of aromatic hydroxyl groups is 1. The van der Waals surface area contributed by atoms with E-state index < -0.39 is 5.43 Å². The number of nitrogens with zero attached hydrogens (tertiary/aromatic N) is 2. The predicted molar refractivity (Wildman–Crippen MR) is 93.4 cm³/mol. The van der Waals surface area contributed by atoms with Gasteiger partial charge >= 0.3 is 0 Å². The molecule has 5 nitrogen and oxygen atoms in total. The largest absolute Gasteiger partial charge is 0.502 e. The molecular weight excluding hydrogens is 328 g/mol. The van der Waals surface area contributed by atoms with E-state index in [0.717, 1.165) is 37.5 Å². The average molecular weight is 349 g/mol. The molecule has 128 valence electrons. The second kappa shape index (κ2) is 7.38. The van der Waals surface area contributed by atoms with E-state index in [1.165, 1.54) is 11.6 Å². The fourth-order valence-corrected chi connectivity index (χ4v) is 3.13. The number of halogens is 1. The van der Waals surface area contributed by atoms with Crippen LogP contribution in [0.3, 0.4) is 0 Å². The molecule has 2 aromatic rings. The summed E-state index contributed by atoms with van der Waals surface area (Å²) in [6.07, 6.45) is 1.11. The van der Waals surface area contributed by atoms with Crippen LogP contribution in [0.1, 0.15) is 24.3 Å². The quantitative estimate of drug-likeness (QED) is 0.920. The molecule has 3 rings (SSSR count). The zero-order valence-corrected chi connectivity index (χ0v) is 14.4. The van der Waals surface area contributed by atoms with Gasteiger partial charge in [-0.25, -0.2) is 0 Å². The lowest BCUT2D eigenvalue weighted by molar-refractivity contribution is 0.0927. The van der Waals surface area contributed by atoms with Crippen molar-refractivity contribution in [1.82, 2.24) is 9.80 Å². The molecule has 0 amide bonds. The lowest BCUT2D eigenvalue weighted by Gasteiger charge is -2.38. The number of hydrogen-bond donors (Lipinski definition) is 1. The Morgan fingerprint density at radius 2 is 1.88 bits per heavy atom. The first-order valence-corrected chi connectivity index (χ1v) is 8.43. The van der Waals surface area contributed by atoms with Crippen LogP contribution in [-0.4, -0.2) is 41.1 Å². The topological polar surface area (TPSA) is 56.9 Å². The Morgan fingerprint density at radius 1 is 1.21 bits per heavy atom. The SMILES string of the molecule is CC(c1ccc(Cl)cc1)N1CCN(Cc2cc(=O)c(O)co2)CC1. The van der Waals surface area contributed by atoms with Crippen LogP contribution in [0, 0.1) is 0 Å². The average Bonchev–Trinajstić information content (AvgIpc) is 2.59. The molecule has 1 fully saturated rings. The fraction of sp³-hybridized carbons (Fsp3) is 0.389. The van der Waals surface area contributed by atoms with E-state index in [2.05, 4.69) is 28.9 Å². The van der Waals surface area contributed by atoms with Crippen molar-refractivity contribution in [2.75, 3.05) is 26.2 Å². The van der Waals surface area contributed by atoms with E-state index >= 15 is 0 Å². The zero-order valence-electron chi connectivity index (χ0n) is 13.6. The van der Waals surface area contributed by atoms with Gasteiger partial charge < -0.3 is 9.52 Å². The maximum atomic E-state index is 11.5. The lowest BCUT2D eigenvalue weighted by Crippen LogP contribution is -2.46. The van der Waals surface area contributed by atoms with Crippen molar-refractivity contribution in [2.24, 2.45) is 0 Å². The minimum absolute atomic E-state index is 0.344. The van der Waals surface area contributed by atoms with Gasteiger partial charge in [0.25, 0.3) is 0 Å². The van der Waals surface area contributed by atoms with Gasteiger partial charge in [-0.05, 0) is 24.6 Å². The summed E-state index contributed by atoms with van der Waals surface area (Å²) in [5, 5.41) is 9.99. The van der Waals surface area contributed by atoms with Gasteiger partial charge in [-0.2, -0.15) is 0 Å². The standard InChI is InChI=1S/C18H21ClN2O3/c1-13(14-2-4-15(19)5-3-14)21-8-6-20(7-9-21)11-16-10-17(22)18(23)12-24-16/h2-5,10,12-13,23H,6-9,11H2,1H3. The first kappa shape index (κ1) is 17.0. The highest BCUT2D eigenvalue weighted by Crippen LogP contribution is 2.23. The third kappa shape index (κ3) is 3.98. The second-order valence-electron chi connectivity index (χ2n) is 6.14. The summed E-state index contributed by atoms with van der Waals surface area (Å²) in [7, 11) is 0. The third-order valence-electron chi connectivity index (χ3n) is 4.55. The highest BCUT2D eigenvalue weighted by Gasteiger charge is 2.22. The summed E-state index contributed by atoms with van der Waals surface area (Å²) < 4.78 is 5.28. The molecule has 1 atom stereocenters. The lowest BCUT2D eigenvalue weighted by atomic mass is 10.1. The van der Waals surface area contributed by atoms with Gasteiger partial charge in [0, 0.05) is 43.3 Å². The summed E-state index contributed by atoms with van der Waals surface area (Å²) >= 11 is 5.95. The van der Waals surface area contributed by atoms with Gasteiger partial charge in [-0.3, -0.25) is 14.6 Å². The van der Waals surface area contributed by atoms with Crippen molar-refractivity contribution < 1.29 is 9.52 Å². The molecule has 24 heavy (non-hydrogen) atoms. The fourth-order valence-electron chi connectivity index (χ4n) is 3.01. The Balaban J connectivity index is 1.56. The van der Waals surface area contributed by atoms with Crippen LogP contribution in [0.5, 0.6) is 5.75 Å². The molecule has 2 heterocycles. The summed E-state index contributed by atoms with van der Waals surface area (Å²) in [5.41, 5.74) is 0.864. The van der Waals surface area contributed by atoms with Crippen LogP contribution >= 0.6 is 11.6 Å². The maximum Gasteiger partial charge on any atom is 0.226 e. The molecule has 1 saturated heterocycles. The molecule has 1 aromatic carbocycles. The number of rotatable bonds is 4. The number of hydrogen-bond acceptors (Lipinski definition) is 5. The highest BCUT2D eigenvalue weighted by atomic mass is 35.5. The molecule has 0 spiro atoms. The van der Waals surface area contributed by atoms with Gasteiger partial charge in [-0.1, -0.05) is 23.7 Å². The van der Waals surface area contributed by atoms with Gasteiger partial charge in [-0.15, -0.1) is 0 Å². The summed E-state index contributed by atoms with van der Waals surface area (Å²) in [6.45, 7) is 6.50. The minimum Gasteiger partial charge on any atom is -0.502 e. The Hall–Kier alpha value is -1.82. The molecule has 0 aliphatic carbocycles. The Labute approximate surface area is 146 Å². The number of piperazine rings is 1. The van der Waals surface area contributed by atoms with E-state index in [-0.39, 0.29) is 5.75 Å². The van der Waals surface area contributed by atoms with Gasteiger partial charge in [0.2, 0.25) is 5.43 Å². The van der Waals surface area contributed by atoms with Crippen LogP contribution in [-0.2, 0) is 6.54 Å². The van der Waals surface area contributed by atoms with Crippen molar-refractivity contribution in [2.45, 2.75) is 19.5 Å². The highest BCUT2D eigenvalue weighted by molar-refractivity contribution is 6.30. The van der Waals surface area contributed by atoms with E-state index in [1.54, 1.807) is 0 Å². The number of benzene rings is 1. The van der Waals surface area contributed by atoms with Crippen LogP contribution in [0.25, 0.3) is 0 Å². The van der Waals surface area contributed by atoms with Gasteiger partial charge in [0.1, 0.15) is 12.0 Å². The molecule has 1 aliphatic heterocycles. The summed E-state index contributed by atoms with van der Waals surface area (Å²) in [4.78, 5) is 16.1. The predicted octanol–water partition coefficient (Wildman–Crippen LogP) is 2.88. The van der Waals surface area contributed by atoms with Gasteiger partial charge in [0.05, 0.1) is 6.54 Å². The van der Waals surface area contributed by atoms with Crippen molar-refractivity contribution >= 4 is 11.6 Å². The van der Waals surface area contributed by atoms with Gasteiger partial charge in [0.15, 0.2) is 5.75 Å². The molecular formula is C18H21ClN2O3. The van der Waals surface area contributed by atoms with Crippen molar-refractivity contribution in [3.8, 4) is 5.75 Å². The van der Waals surface area contributed by atoms with Crippen LogP contribution < -0.4 is 5.43 Å². The first-order chi connectivity index (χ1) is 11.5. The maximum absolute atomic E-state index is 11.5. The molecule has 0 saturated carbocycles. The van der Waals surface area contributed by atoms with Crippen LogP contribution in [0.15, 0.2) is 45.8 Å². The second-order valence-corrected chi connectivity index (χ2v) is 6.57. The van der Waals surface area contributed by atoms with E-state index in [0.29, 0.717) is 18.3 Å². The molecule has 0 bridgehead atoms. The first-order valence-electron chi connectivity index (χ1n) is 8.05. The molecule has 1 aliphatic rings. The third-order valence-corrected chi connectivity index (χ3v) is 4.80. The monoisotopic (exact) mass is 348 g/mol. The van der Waals surface area contributed by atoms with Crippen molar-refractivity contribution in [3.05, 3.63) is 63.2 Å². The molecule has 1 N–H and O–H groups in total. The zero-order chi connectivity index (χ0) is 17.1. The molecule has 1 unspecified atom stereocenters. The van der Waals surface area contributed by atoms with Crippen LogP contribution in [0.4, 0.5) is 0 Å². The molecule has 0 radical (unpaired) electrons. The minimum atomic E-state index is -0.397. The normalized spacial score (nSPS) is 17.8.